The minimum atomic E-state index is 0.0873. The van der Waals surface area contributed by atoms with Gasteiger partial charge in [-0.3, -0.25) is 0 Å². The summed E-state index contributed by atoms with van der Waals surface area (Å²) >= 11 is 12.4. The summed E-state index contributed by atoms with van der Waals surface area (Å²) in [4.78, 5) is 0. The summed E-state index contributed by atoms with van der Waals surface area (Å²) in [7, 11) is 0. The highest BCUT2D eigenvalue weighted by Crippen LogP contribution is 2.38. The van der Waals surface area contributed by atoms with E-state index in [4.69, 9.17) is 23.2 Å². The van der Waals surface area contributed by atoms with Crippen molar-refractivity contribution in [2.24, 2.45) is 0 Å². The molecule has 0 saturated carbocycles. The van der Waals surface area contributed by atoms with Crippen molar-refractivity contribution in [2.75, 3.05) is 0 Å². The van der Waals surface area contributed by atoms with Gasteiger partial charge in [-0.15, -0.1) is 0 Å². The number of benzene rings is 3. The summed E-state index contributed by atoms with van der Waals surface area (Å²) in [6.07, 6.45) is 3.96. The number of hydrogen-bond donors (Lipinski definition) is 1. The highest BCUT2D eigenvalue weighted by molar-refractivity contribution is 6.32. The van der Waals surface area contributed by atoms with Gasteiger partial charge in [-0.1, -0.05) is 65.7 Å². The van der Waals surface area contributed by atoms with E-state index in [0.717, 1.165) is 34.6 Å². The Morgan fingerprint density at radius 3 is 2.44 bits per heavy atom. The molecule has 1 aliphatic carbocycles. The first-order chi connectivity index (χ1) is 12.1. The fraction of sp³-hybridized carbons (Fsp3) is 0.0909. The van der Waals surface area contributed by atoms with E-state index in [0.29, 0.717) is 5.02 Å². The second-order valence-corrected chi connectivity index (χ2v) is 7.01. The summed E-state index contributed by atoms with van der Waals surface area (Å²) in [5, 5.41) is 11.1. The summed E-state index contributed by atoms with van der Waals surface area (Å²) in [6, 6.07) is 19.8. The Balaban J connectivity index is 1.98. The lowest BCUT2D eigenvalue weighted by molar-refractivity contribution is 0.475. The Morgan fingerprint density at radius 1 is 0.800 bits per heavy atom. The molecule has 0 radical (unpaired) electrons. The molecule has 0 unspecified atom stereocenters. The van der Waals surface area contributed by atoms with Crippen molar-refractivity contribution in [2.45, 2.75) is 12.8 Å². The number of rotatable bonds is 1. The van der Waals surface area contributed by atoms with E-state index in [-0.39, 0.29) is 5.75 Å². The Kier molecular flexibility index (Phi) is 4.29. The zero-order valence-electron chi connectivity index (χ0n) is 13.5. The lowest BCUT2D eigenvalue weighted by Crippen LogP contribution is -1.93. The quantitative estimate of drug-likeness (QED) is 0.529. The standard InChI is InChI=1S/C22H16Cl2O/c23-20-7-3-6-17-18(20)10-9-15-4-1-2-5-16(15)19(17)12-14-8-11-21(24)22(25)13-14/h1-8,11-13,25H,9-10H2. The number of halogens is 2. The average Bonchev–Trinajstić information content (AvgIpc) is 2.77. The van der Waals surface area contributed by atoms with E-state index in [1.807, 2.05) is 18.2 Å². The minimum absolute atomic E-state index is 0.0873. The molecule has 4 rings (SSSR count). The van der Waals surface area contributed by atoms with Crippen molar-refractivity contribution < 1.29 is 5.11 Å². The van der Waals surface area contributed by atoms with Crippen LogP contribution in [0.4, 0.5) is 0 Å². The maximum absolute atomic E-state index is 9.94. The predicted molar refractivity (Wildman–Crippen MR) is 105 cm³/mol. The third-order valence-electron chi connectivity index (χ3n) is 4.64. The molecule has 124 valence electrons. The van der Waals surface area contributed by atoms with Gasteiger partial charge >= 0.3 is 0 Å². The molecule has 0 heterocycles. The zero-order valence-corrected chi connectivity index (χ0v) is 15.0. The van der Waals surface area contributed by atoms with Gasteiger partial charge in [0, 0.05) is 5.02 Å². The van der Waals surface area contributed by atoms with Gasteiger partial charge in [0.05, 0.1) is 5.02 Å². The molecule has 1 nitrogen and oxygen atoms in total. The Labute approximate surface area is 157 Å². The van der Waals surface area contributed by atoms with Gasteiger partial charge in [-0.2, -0.15) is 0 Å². The summed E-state index contributed by atoms with van der Waals surface area (Å²) in [5.41, 5.74) is 6.85. The summed E-state index contributed by atoms with van der Waals surface area (Å²) in [5.74, 6) is 0.0873. The zero-order chi connectivity index (χ0) is 17.4. The van der Waals surface area contributed by atoms with Crippen LogP contribution in [0.3, 0.4) is 0 Å². The SMILES string of the molecule is Oc1cc(C=C2c3ccccc3CCc3c(Cl)cccc32)ccc1Cl. The molecular weight excluding hydrogens is 351 g/mol. The molecular formula is C22H16Cl2O. The first-order valence-electron chi connectivity index (χ1n) is 8.20. The van der Waals surface area contributed by atoms with Gasteiger partial charge in [0.2, 0.25) is 0 Å². The fourth-order valence-corrected chi connectivity index (χ4v) is 3.80. The number of aryl methyl sites for hydroxylation is 1. The Bertz CT molecular complexity index is 989. The van der Waals surface area contributed by atoms with E-state index >= 15 is 0 Å². The summed E-state index contributed by atoms with van der Waals surface area (Å²) < 4.78 is 0. The van der Waals surface area contributed by atoms with Crippen LogP contribution in [0.2, 0.25) is 10.0 Å². The molecule has 0 saturated heterocycles. The van der Waals surface area contributed by atoms with Crippen LogP contribution in [-0.4, -0.2) is 5.11 Å². The van der Waals surface area contributed by atoms with Crippen LogP contribution in [0.5, 0.6) is 5.75 Å². The van der Waals surface area contributed by atoms with Crippen molar-refractivity contribution in [1.29, 1.82) is 0 Å². The number of fused-ring (bicyclic) bond motifs is 2. The molecule has 0 fully saturated rings. The van der Waals surface area contributed by atoms with Crippen LogP contribution >= 0.6 is 23.2 Å². The number of phenolic OH excluding ortho intramolecular Hbond substituents is 1. The molecule has 0 atom stereocenters. The molecule has 3 heteroatoms. The van der Waals surface area contributed by atoms with Gasteiger partial charge in [0.1, 0.15) is 5.75 Å². The molecule has 0 amide bonds. The lowest BCUT2D eigenvalue weighted by Gasteiger charge is -2.13. The van der Waals surface area contributed by atoms with Crippen LogP contribution in [0, 0.1) is 0 Å². The average molecular weight is 367 g/mol. The maximum atomic E-state index is 9.94. The third kappa shape index (κ3) is 3.06. The lowest BCUT2D eigenvalue weighted by atomic mass is 9.92. The van der Waals surface area contributed by atoms with Crippen molar-refractivity contribution in [3.8, 4) is 5.75 Å². The molecule has 3 aromatic carbocycles. The van der Waals surface area contributed by atoms with Crippen molar-refractivity contribution >= 4 is 34.9 Å². The Morgan fingerprint density at radius 2 is 1.60 bits per heavy atom. The highest BCUT2D eigenvalue weighted by Gasteiger charge is 2.19. The first kappa shape index (κ1) is 16.3. The molecule has 25 heavy (non-hydrogen) atoms. The van der Waals surface area contributed by atoms with Crippen LogP contribution in [0.25, 0.3) is 11.6 Å². The van der Waals surface area contributed by atoms with E-state index < -0.39 is 0 Å². The van der Waals surface area contributed by atoms with E-state index in [9.17, 15) is 5.11 Å². The largest absolute Gasteiger partial charge is 0.506 e. The van der Waals surface area contributed by atoms with E-state index in [1.54, 1.807) is 12.1 Å². The van der Waals surface area contributed by atoms with Gasteiger partial charge in [-0.25, -0.2) is 0 Å². The topological polar surface area (TPSA) is 20.2 Å². The number of phenols is 1. The van der Waals surface area contributed by atoms with Crippen molar-refractivity contribution in [3.05, 3.63) is 98.5 Å². The van der Waals surface area contributed by atoms with Crippen molar-refractivity contribution in [3.63, 3.8) is 0 Å². The molecule has 0 aromatic heterocycles. The predicted octanol–water partition coefficient (Wildman–Crippen LogP) is 6.39. The molecule has 1 aliphatic rings. The van der Waals surface area contributed by atoms with Crippen LogP contribution in [0.15, 0.2) is 60.7 Å². The van der Waals surface area contributed by atoms with Crippen LogP contribution in [-0.2, 0) is 12.8 Å². The number of hydrogen-bond acceptors (Lipinski definition) is 1. The van der Waals surface area contributed by atoms with Crippen LogP contribution < -0.4 is 0 Å². The fourth-order valence-electron chi connectivity index (χ4n) is 3.41. The minimum Gasteiger partial charge on any atom is -0.506 e. The second-order valence-electron chi connectivity index (χ2n) is 6.19. The van der Waals surface area contributed by atoms with Crippen LogP contribution in [0.1, 0.15) is 27.8 Å². The van der Waals surface area contributed by atoms with Crippen molar-refractivity contribution in [1.82, 2.24) is 0 Å². The van der Waals surface area contributed by atoms with E-state index in [1.165, 1.54) is 16.7 Å². The maximum Gasteiger partial charge on any atom is 0.134 e. The third-order valence-corrected chi connectivity index (χ3v) is 5.32. The monoisotopic (exact) mass is 366 g/mol. The highest BCUT2D eigenvalue weighted by atomic mass is 35.5. The van der Waals surface area contributed by atoms with Gasteiger partial charge in [0.15, 0.2) is 0 Å². The molecule has 0 spiro atoms. The van der Waals surface area contributed by atoms with E-state index in [2.05, 4.69) is 36.4 Å². The van der Waals surface area contributed by atoms with Gasteiger partial charge in [0.25, 0.3) is 0 Å². The second kappa shape index (κ2) is 6.59. The molecule has 3 aromatic rings. The first-order valence-corrected chi connectivity index (χ1v) is 8.95. The normalized spacial score (nSPS) is 14.7. The molecule has 0 bridgehead atoms. The van der Waals surface area contributed by atoms with Gasteiger partial charge < -0.3 is 5.11 Å². The smallest absolute Gasteiger partial charge is 0.134 e. The molecule has 1 N–H and O–H groups in total. The van der Waals surface area contributed by atoms with Gasteiger partial charge in [-0.05, 0) is 70.5 Å². The molecule has 0 aliphatic heterocycles. The number of aromatic hydroxyl groups is 1. The Hall–Kier alpha value is -2.22. The summed E-state index contributed by atoms with van der Waals surface area (Å²) in [6.45, 7) is 0.